The van der Waals surface area contributed by atoms with E-state index in [1.165, 1.54) is 0 Å². The number of ether oxygens (including phenoxy) is 1. The van der Waals surface area contributed by atoms with Crippen molar-refractivity contribution in [2.75, 3.05) is 26.7 Å². The molecule has 1 atom stereocenters. The lowest BCUT2D eigenvalue weighted by Gasteiger charge is -2.19. The van der Waals surface area contributed by atoms with Gasteiger partial charge in [-0.15, -0.1) is 0 Å². The average Bonchev–Trinajstić information content (AvgIpc) is 2.39. The van der Waals surface area contributed by atoms with Crippen molar-refractivity contribution < 1.29 is 9.53 Å². The molecule has 0 saturated heterocycles. The van der Waals surface area contributed by atoms with Crippen molar-refractivity contribution in [2.45, 2.75) is 27.2 Å². The van der Waals surface area contributed by atoms with Crippen molar-refractivity contribution in [1.29, 1.82) is 0 Å². The van der Waals surface area contributed by atoms with Crippen molar-refractivity contribution in [3.8, 4) is 5.75 Å². The predicted octanol–water partition coefficient (Wildman–Crippen LogP) is 3.25. The van der Waals surface area contributed by atoms with Crippen LogP contribution >= 0.6 is 0 Å². The lowest BCUT2D eigenvalue weighted by atomic mass is 10.1. The molecular weight excluding hydrogens is 238 g/mol. The topological polar surface area (TPSA) is 29.5 Å². The number of hydrogen-bond acceptors (Lipinski definition) is 3. The molecule has 0 radical (unpaired) electrons. The fourth-order valence-corrected chi connectivity index (χ4v) is 1.97. The zero-order valence-electron chi connectivity index (χ0n) is 12.5. The molecule has 0 N–H and O–H groups in total. The van der Waals surface area contributed by atoms with Crippen molar-refractivity contribution in [2.24, 2.45) is 5.92 Å². The van der Waals surface area contributed by atoms with E-state index in [1.807, 2.05) is 38.2 Å². The zero-order valence-corrected chi connectivity index (χ0v) is 12.5. The second-order valence-electron chi connectivity index (χ2n) is 5.09. The first kappa shape index (κ1) is 15.7. The van der Waals surface area contributed by atoms with E-state index < -0.39 is 0 Å². The van der Waals surface area contributed by atoms with Crippen molar-refractivity contribution >= 4 is 5.78 Å². The number of hydrogen-bond donors (Lipinski definition) is 0. The van der Waals surface area contributed by atoms with Crippen LogP contribution in [-0.2, 0) is 0 Å². The van der Waals surface area contributed by atoms with Gasteiger partial charge in [0.05, 0.1) is 13.2 Å². The summed E-state index contributed by atoms with van der Waals surface area (Å²) in [6.07, 6.45) is 1.14. The predicted molar refractivity (Wildman–Crippen MR) is 78.9 cm³/mol. The molecule has 19 heavy (non-hydrogen) atoms. The Morgan fingerprint density at radius 3 is 2.42 bits per heavy atom. The summed E-state index contributed by atoms with van der Waals surface area (Å²) in [7, 11) is 2.00. The van der Waals surface area contributed by atoms with Gasteiger partial charge in [0.15, 0.2) is 5.78 Å². The first-order valence-electron chi connectivity index (χ1n) is 7.01. The summed E-state index contributed by atoms with van der Waals surface area (Å²) in [5, 5.41) is 0. The standard InChI is InChI=1S/C16H25NO2/c1-5-13(3)11-17(4)12-16(18)14-7-9-15(10-8-14)19-6-2/h7-10,13H,5-6,11-12H2,1-4H3. The first-order chi connectivity index (χ1) is 9.06. The van der Waals surface area contributed by atoms with E-state index in [-0.39, 0.29) is 5.78 Å². The number of Topliss-reactive ketones (excluding diaryl/α,β-unsaturated/α-hetero) is 1. The Labute approximate surface area is 116 Å². The smallest absolute Gasteiger partial charge is 0.176 e. The molecule has 1 aromatic rings. The zero-order chi connectivity index (χ0) is 14.3. The highest BCUT2D eigenvalue weighted by Crippen LogP contribution is 2.13. The van der Waals surface area contributed by atoms with Gasteiger partial charge in [0.1, 0.15) is 5.75 Å². The Kier molecular flexibility index (Phi) is 6.57. The fraction of sp³-hybridized carbons (Fsp3) is 0.562. The molecule has 0 spiro atoms. The van der Waals surface area contributed by atoms with Crippen LogP contribution in [0.2, 0.25) is 0 Å². The van der Waals surface area contributed by atoms with Gasteiger partial charge in [-0.05, 0) is 44.2 Å². The Balaban J connectivity index is 2.53. The number of likely N-dealkylation sites (N-methyl/N-ethyl adjacent to an activating group) is 1. The molecule has 3 nitrogen and oxygen atoms in total. The van der Waals surface area contributed by atoms with Crippen molar-refractivity contribution in [3.05, 3.63) is 29.8 Å². The van der Waals surface area contributed by atoms with Gasteiger partial charge in [0.25, 0.3) is 0 Å². The maximum atomic E-state index is 12.1. The molecule has 1 aromatic carbocycles. The van der Waals surface area contributed by atoms with Crippen LogP contribution in [0.4, 0.5) is 0 Å². The highest BCUT2D eigenvalue weighted by molar-refractivity contribution is 5.97. The maximum Gasteiger partial charge on any atom is 0.176 e. The van der Waals surface area contributed by atoms with Crippen LogP contribution in [0.5, 0.6) is 5.75 Å². The SMILES string of the molecule is CCOc1ccc(C(=O)CN(C)CC(C)CC)cc1. The van der Waals surface area contributed by atoms with Gasteiger partial charge in [0, 0.05) is 12.1 Å². The van der Waals surface area contributed by atoms with Crippen LogP contribution in [0.15, 0.2) is 24.3 Å². The second kappa shape index (κ2) is 7.95. The maximum absolute atomic E-state index is 12.1. The van der Waals surface area contributed by atoms with Crippen LogP contribution in [0.3, 0.4) is 0 Å². The molecule has 0 heterocycles. The quantitative estimate of drug-likeness (QED) is 0.674. The van der Waals surface area contributed by atoms with Crippen LogP contribution < -0.4 is 4.74 Å². The van der Waals surface area contributed by atoms with Gasteiger partial charge in [-0.1, -0.05) is 20.3 Å². The number of rotatable bonds is 8. The van der Waals surface area contributed by atoms with E-state index >= 15 is 0 Å². The van der Waals surface area contributed by atoms with Gasteiger partial charge < -0.3 is 4.74 Å². The highest BCUT2D eigenvalue weighted by Gasteiger charge is 2.11. The number of ketones is 1. The lowest BCUT2D eigenvalue weighted by Crippen LogP contribution is -2.29. The van der Waals surface area contributed by atoms with Gasteiger partial charge in [0.2, 0.25) is 0 Å². The molecule has 106 valence electrons. The Morgan fingerprint density at radius 1 is 1.26 bits per heavy atom. The largest absolute Gasteiger partial charge is 0.494 e. The van der Waals surface area contributed by atoms with Crippen LogP contribution in [-0.4, -0.2) is 37.4 Å². The van der Waals surface area contributed by atoms with Crippen LogP contribution in [0.1, 0.15) is 37.6 Å². The Bertz CT molecular complexity index is 386. The summed E-state index contributed by atoms with van der Waals surface area (Å²) in [5.74, 6) is 1.60. The minimum Gasteiger partial charge on any atom is -0.494 e. The highest BCUT2D eigenvalue weighted by atomic mass is 16.5. The number of carbonyl (C=O) groups is 1. The monoisotopic (exact) mass is 263 g/mol. The van der Waals surface area contributed by atoms with Gasteiger partial charge in [-0.25, -0.2) is 0 Å². The first-order valence-corrected chi connectivity index (χ1v) is 7.01. The summed E-state index contributed by atoms with van der Waals surface area (Å²) in [6, 6.07) is 7.38. The summed E-state index contributed by atoms with van der Waals surface area (Å²) in [5.41, 5.74) is 0.749. The third-order valence-electron chi connectivity index (χ3n) is 3.22. The number of nitrogens with zero attached hydrogens (tertiary/aromatic N) is 1. The molecule has 0 amide bonds. The number of benzene rings is 1. The van der Waals surface area contributed by atoms with Crippen molar-refractivity contribution in [1.82, 2.24) is 4.90 Å². The molecule has 0 aliphatic rings. The van der Waals surface area contributed by atoms with Gasteiger partial charge >= 0.3 is 0 Å². The van der Waals surface area contributed by atoms with E-state index in [4.69, 9.17) is 4.74 Å². The summed E-state index contributed by atoms with van der Waals surface area (Å²) < 4.78 is 5.37. The lowest BCUT2D eigenvalue weighted by molar-refractivity contribution is 0.0939. The molecule has 0 aliphatic carbocycles. The molecule has 0 fully saturated rings. The normalized spacial score (nSPS) is 12.5. The van der Waals surface area contributed by atoms with Gasteiger partial charge in [-0.3, -0.25) is 9.69 Å². The van der Waals surface area contributed by atoms with E-state index in [0.717, 1.165) is 24.3 Å². The molecule has 0 saturated carbocycles. The molecule has 0 aromatic heterocycles. The molecule has 0 aliphatic heterocycles. The van der Waals surface area contributed by atoms with Crippen molar-refractivity contribution in [3.63, 3.8) is 0 Å². The summed E-state index contributed by atoms with van der Waals surface area (Å²) >= 11 is 0. The third kappa shape index (κ3) is 5.43. The van der Waals surface area contributed by atoms with Crippen LogP contribution in [0.25, 0.3) is 0 Å². The summed E-state index contributed by atoms with van der Waals surface area (Å²) in [4.78, 5) is 14.2. The average molecular weight is 263 g/mol. The minimum absolute atomic E-state index is 0.161. The molecular formula is C16H25NO2. The molecule has 1 unspecified atom stereocenters. The number of carbonyl (C=O) groups excluding carboxylic acids is 1. The van der Waals surface area contributed by atoms with Crippen LogP contribution in [0, 0.1) is 5.92 Å². The van der Waals surface area contributed by atoms with E-state index in [0.29, 0.717) is 19.1 Å². The molecule has 3 heteroatoms. The van der Waals surface area contributed by atoms with E-state index in [9.17, 15) is 4.79 Å². The Hall–Kier alpha value is -1.35. The second-order valence-corrected chi connectivity index (χ2v) is 5.09. The third-order valence-corrected chi connectivity index (χ3v) is 3.22. The van der Waals surface area contributed by atoms with E-state index in [1.54, 1.807) is 0 Å². The molecule has 1 rings (SSSR count). The van der Waals surface area contributed by atoms with Gasteiger partial charge in [-0.2, -0.15) is 0 Å². The molecule has 0 bridgehead atoms. The van der Waals surface area contributed by atoms with E-state index in [2.05, 4.69) is 18.7 Å². The Morgan fingerprint density at radius 2 is 1.89 bits per heavy atom. The fourth-order valence-electron chi connectivity index (χ4n) is 1.97. The minimum atomic E-state index is 0.161. The summed E-state index contributed by atoms with van der Waals surface area (Å²) in [6.45, 7) is 8.40.